The summed E-state index contributed by atoms with van der Waals surface area (Å²) in [7, 11) is 1.93. The second kappa shape index (κ2) is 8.12. The Bertz CT molecular complexity index is 315. The number of ether oxygens (including phenoxy) is 1. The van der Waals surface area contributed by atoms with Crippen LogP contribution in [0.2, 0.25) is 0 Å². The van der Waals surface area contributed by atoms with Crippen LogP contribution in [0.15, 0.2) is 0 Å². The third kappa shape index (κ3) is 4.46. The first kappa shape index (κ1) is 18.2. The molecule has 1 atom stereocenters. The number of methoxy groups -OCH3 is 1. The van der Waals surface area contributed by atoms with Crippen molar-refractivity contribution in [1.29, 1.82) is 0 Å². The van der Waals surface area contributed by atoms with E-state index in [-0.39, 0.29) is 5.60 Å². The largest absolute Gasteiger partial charge is 0.377 e. The van der Waals surface area contributed by atoms with Gasteiger partial charge in [-0.15, -0.1) is 0 Å². The molecule has 22 heavy (non-hydrogen) atoms. The first-order valence-corrected chi connectivity index (χ1v) is 9.51. The van der Waals surface area contributed by atoms with E-state index in [0.29, 0.717) is 6.04 Å². The zero-order valence-corrected chi connectivity index (χ0v) is 15.6. The van der Waals surface area contributed by atoms with Crippen LogP contribution in [0.25, 0.3) is 0 Å². The molecule has 0 aromatic heterocycles. The van der Waals surface area contributed by atoms with Gasteiger partial charge in [0.1, 0.15) is 0 Å². The van der Waals surface area contributed by atoms with Crippen LogP contribution in [-0.2, 0) is 4.74 Å². The zero-order chi connectivity index (χ0) is 16.2. The van der Waals surface area contributed by atoms with Crippen LogP contribution in [0.3, 0.4) is 0 Å². The molecule has 0 aromatic rings. The maximum Gasteiger partial charge on any atom is 0.0829 e. The summed E-state index contributed by atoms with van der Waals surface area (Å²) in [5.74, 6) is 1.84. The highest BCUT2D eigenvalue weighted by molar-refractivity contribution is 4.92. The Morgan fingerprint density at radius 3 is 2.09 bits per heavy atom. The summed E-state index contributed by atoms with van der Waals surface area (Å²) in [6.45, 7) is 15.4. The molecule has 0 aliphatic carbocycles. The van der Waals surface area contributed by atoms with Crippen molar-refractivity contribution < 1.29 is 4.74 Å². The molecule has 0 aromatic carbocycles. The summed E-state index contributed by atoms with van der Waals surface area (Å²) < 4.78 is 6.04. The van der Waals surface area contributed by atoms with E-state index in [0.717, 1.165) is 18.4 Å². The van der Waals surface area contributed by atoms with Crippen molar-refractivity contribution in [3.8, 4) is 0 Å². The first-order valence-electron chi connectivity index (χ1n) is 9.51. The lowest BCUT2D eigenvalue weighted by atomic mass is 9.83. The Hall–Kier alpha value is -0.120. The summed E-state index contributed by atoms with van der Waals surface area (Å²) in [4.78, 5) is 5.26. The van der Waals surface area contributed by atoms with E-state index in [9.17, 15) is 0 Å². The molecule has 2 aliphatic rings. The molecular formula is C19H38N2O. The molecular weight excluding hydrogens is 272 g/mol. The third-order valence-electron chi connectivity index (χ3n) is 6.47. The van der Waals surface area contributed by atoms with Crippen molar-refractivity contribution in [3.63, 3.8) is 0 Å². The predicted octanol–water partition coefficient (Wildman–Crippen LogP) is 3.63. The van der Waals surface area contributed by atoms with Gasteiger partial charge in [0.2, 0.25) is 0 Å². The molecule has 0 bridgehead atoms. The van der Waals surface area contributed by atoms with Gasteiger partial charge in [0.05, 0.1) is 5.60 Å². The fraction of sp³-hybridized carbons (Fsp3) is 1.00. The van der Waals surface area contributed by atoms with Gasteiger partial charge in [-0.25, -0.2) is 0 Å². The van der Waals surface area contributed by atoms with Gasteiger partial charge in [-0.05, 0) is 64.5 Å². The first-order chi connectivity index (χ1) is 10.5. The average molecular weight is 311 g/mol. The van der Waals surface area contributed by atoms with E-state index in [4.69, 9.17) is 4.74 Å². The van der Waals surface area contributed by atoms with Crippen LogP contribution in [0.4, 0.5) is 0 Å². The minimum atomic E-state index is 0.106. The van der Waals surface area contributed by atoms with Crippen molar-refractivity contribution in [1.82, 2.24) is 9.80 Å². The summed E-state index contributed by atoms with van der Waals surface area (Å²) >= 11 is 0. The Morgan fingerprint density at radius 1 is 1.05 bits per heavy atom. The Labute approximate surface area is 138 Å². The molecule has 2 heterocycles. The normalized spacial score (nSPS) is 26.5. The number of nitrogens with zero attached hydrogens (tertiary/aromatic N) is 2. The molecule has 0 amide bonds. The van der Waals surface area contributed by atoms with Crippen molar-refractivity contribution in [3.05, 3.63) is 0 Å². The van der Waals surface area contributed by atoms with Crippen LogP contribution in [-0.4, -0.2) is 61.3 Å². The molecule has 2 fully saturated rings. The molecule has 3 nitrogen and oxygen atoms in total. The van der Waals surface area contributed by atoms with Gasteiger partial charge in [0, 0.05) is 32.8 Å². The van der Waals surface area contributed by atoms with Gasteiger partial charge >= 0.3 is 0 Å². The quantitative estimate of drug-likeness (QED) is 0.745. The fourth-order valence-corrected chi connectivity index (χ4v) is 4.30. The van der Waals surface area contributed by atoms with Crippen molar-refractivity contribution in [2.45, 2.75) is 71.4 Å². The molecule has 130 valence electrons. The maximum absolute atomic E-state index is 6.04. The van der Waals surface area contributed by atoms with Crippen molar-refractivity contribution in [2.24, 2.45) is 11.8 Å². The molecule has 3 heteroatoms. The fourth-order valence-electron chi connectivity index (χ4n) is 4.30. The SMILES string of the molecule is CCC(C)C1CCN(CC2(OC)CCN(C(C)C)CC2)CC1. The second-order valence-electron chi connectivity index (χ2n) is 8.02. The highest BCUT2D eigenvalue weighted by atomic mass is 16.5. The van der Waals surface area contributed by atoms with E-state index in [1.807, 2.05) is 7.11 Å². The van der Waals surface area contributed by atoms with E-state index in [1.165, 1.54) is 58.3 Å². The Balaban J connectivity index is 1.82. The molecule has 1 unspecified atom stereocenters. The lowest BCUT2D eigenvalue weighted by molar-refractivity contribution is -0.0843. The minimum absolute atomic E-state index is 0.106. The van der Waals surface area contributed by atoms with E-state index >= 15 is 0 Å². The highest BCUT2D eigenvalue weighted by Crippen LogP contribution is 2.31. The monoisotopic (exact) mass is 310 g/mol. The van der Waals surface area contributed by atoms with Gasteiger partial charge in [0.15, 0.2) is 0 Å². The number of likely N-dealkylation sites (tertiary alicyclic amines) is 2. The van der Waals surface area contributed by atoms with Crippen LogP contribution >= 0.6 is 0 Å². The number of hydrogen-bond donors (Lipinski definition) is 0. The van der Waals surface area contributed by atoms with Gasteiger partial charge < -0.3 is 14.5 Å². The average Bonchev–Trinajstić information content (AvgIpc) is 2.55. The summed E-state index contributed by atoms with van der Waals surface area (Å²) in [5.41, 5.74) is 0.106. The van der Waals surface area contributed by atoms with Crippen molar-refractivity contribution in [2.75, 3.05) is 39.8 Å². The Kier molecular flexibility index (Phi) is 6.73. The van der Waals surface area contributed by atoms with Crippen LogP contribution in [0, 0.1) is 11.8 Å². The standard InChI is InChI=1S/C19H38N2O/c1-6-17(4)18-7-11-20(12-8-18)15-19(22-5)9-13-21(14-10-19)16(2)3/h16-18H,6-15H2,1-5H3. The smallest absolute Gasteiger partial charge is 0.0829 e. The predicted molar refractivity (Wildman–Crippen MR) is 94.3 cm³/mol. The highest BCUT2D eigenvalue weighted by Gasteiger charge is 2.37. The lowest BCUT2D eigenvalue weighted by Gasteiger charge is -2.46. The number of rotatable bonds is 6. The number of hydrogen-bond acceptors (Lipinski definition) is 3. The number of piperidine rings is 2. The topological polar surface area (TPSA) is 15.7 Å². The molecule has 0 saturated carbocycles. The molecule has 0 radical (unpaired) electrons. The van der Waals surface area contributed by atoms with E-state index in [1.54, 1.807) is 0 Å². The van der Waals surface area contributed by atoms with E-state index < -0.39 is 0 Å². The van der Waals surface area contributed by atoms with Crippen LogP contribution in [0.5, 0.6) is 0 Å². The molecule has 2 aliphatic heterocycles. The molecule has 2 saturated heterocycles. The summed E-state index contributed by atoms with van der Waals surface area (Å²) in [6.07, 6.45) is 6.47. The van der Waals surface area contributed by atoms with Gasteiger partial charge in [-0.3, -0.25) is 0 Å². The van der Waals surface area contributed by atoms with Crippen LogP contribution < -0.4 is 0 Å². The maximum atomic E-state index is 6.04. The molecule has 2 rings (SSSR count). The van der Waals surface area contributed by atoms with Crippen molar-refractivity contribution >= 4 is 0 Å². The molecule has 0 N–H and O–H groups in total. The molecule has 0 spiro atoms. The third-order valence-corrected chi connectivity index (χ3v) is 6.47. The summed E-state index contributed by atoms with van der Waals surface area (Å²) in [5, 5.41) is 0. The minimum Gasteiger partial charge on any atom is -0.377 e. The Morgan fingerprint density at radius 2 is 1.64 bits per heavy atom. The second-order valence-corrected chi connectivity index (χ2v) is 8.02. The summed E-state index contributed by atoms with van der Waals surface area (Å²) in [6, 6.07) is 0.668. The van der Waals surface area contributed by atoms with Gasteiger partial charge in [0.25, 0.3) is 0 Å². The van der Waals surface area contributed by atoms with E-state index in [2.05, 4.69) is 37.5 Å². The van der Waals surface area contributed by atoms with Gasteiger partial charge in [-0.2, -0.15) is 0 Å². The lowest BCUT2D eigenvalue weighted by Crippen LogP contribution is -2.54. The zero-order valence-electron chi connectivity index (χ0n) is 15.6. The van der Waals surface area contributed by atoms with Gasteiger partial charge in [-0.1, -0.05) is 20.3 Å². The van der Waals surface area contributed by atoms with Crippen LogP contribution in [0.1, 0.15) is 59.8 Å².